The van der Waals surface area contributed by atoms with Crippen molar-refractivity contribution in [3.63, 3.8) is 0 Å². The SMILES string of the molecule is Cc1sc(C(F)(F)F)nc1CC1CCNCC1. The summed E-state index contributed by atoms with van der Waals surface area (Å²) >= 11 is 0.758. The number of aryl methyl sites for hydroxylation is 1. The molecule has 1 aliphatic rings. The van der Waals surface area contributed by atoms with Crippen molar-refractivity contribution < 1.29 is 13.2 Å². The minimum Gasteiger partial charge on any atom is -0.317 e. The lowest BCUT2D eigenvalue weighted by Gasteiger charge is -2.21. The van der Waals surface area contributed by atoms with E-state index in [2.05, 4.69) is 10.3 Å². The minimum atomic E-state index is -4.30. The highest BCUT2D eigenvalue weighted by atomic mass is 32.1. The summed E-state index contributed by atoms with van der Waals surface area (Å²) in [4.78, 5) is 4.45. The van der Waals surface area contributed by atoms with Gasteiger partial charge in [-0.15, -0.1) is 11.3 Å². The van der Waals surface area contributed by atoms with Crippen molar-refractivity contribution in [2.24, 2.45) is 5.92 Å². The first-order valence-electron chi connectivity index (χ1n) is 5.71. The quantitative estimate of drug-likeness (QED) is 0.888. The molecule has 1 aromatic heterocycles. The van der Waals surface area contributed by atoms with Gasteiger partial charge in [-0.1, -0.05) is 0 Å². The Morgan fingerprint density at radius 1 is 1.35 bits per heavy atom. The molecule has 2 nitrogen and oxygen atoms in total. The van der Waals surface area contributed by atoms with Crippen LogP contribution in [0.15, 0.2) is 0 Å². The van der Waals surface area contributed by atoms with E-state index in [0.717, 1.165) is 37.3 Å². The number of hydrogen-bond donors (Lipinski definition) is 1. The number of nitrogens with one attached hydrogen (secondary N) is 1. The maximum atomic E-state index is 12.5. The Morgan fingerprint density at radius 2 is 2.00 bits per heavy atom. The molecular formula is C11H15F3N2S. The highest BCUT2D eigenvalue weighted by Crippen LogP contribution is 2.34. The van der Waals surface area contributed by atoms with Crippen molar-refractivity contribution in [2.75, 3.05) is 13.1 Å². The molecule has 1 aromatic rings. The van der Waals surface area contributed by atoms with Crippen LogP contribution in [0.5, 0.6) is 0 Å². The van der Waals surface area contributed by atoms with Gasteiger partial charge in [0.15, 0.2) is 5.01 Å². The molecule has 2 rings (SSSR count). The molecule has 1 saturated heterocycles. The van der Waals surface area contributed by atoms with Crippen molar-refractivity contribution in [2.45, 2.75) is 32.4 Å². The van der Waals surface area contributed by atoms with Crippen LogP contribution in [0.1, 0.15) is 28.4 Å². The zero-order valence-electron chi connectivity index (χ0n) is 9.60. The predicted molar refractivity (Wildman–Crippen MR) is 61.2 cm³/mol. The summed E-state index contributed by atoms with van der Waals surface area (Å²) < 4.78 is 37.5. The van der Waals surface area contributed by atoms with Crippen LogP contribution in [-0.2, 0) is 12.6 Å². The van der Waals surface area contributed by atoms with E-state index < -0.39 is 11.2 Å². The molecule has 0 radical (unpaired) electrons. The molecule has 96 valence electrons. The molecule has 0 aliphatic carbocycles. The van der Waals surface area contributed by atoms with Crippen LogP contribution in [0.4, 0.5) is 13.2 Å². The molecule has 0 saturated carbocycles. The fourth-order valence-electron chi connectivity index (χ4n) is 2.10. The Hall–Kier alpha value is -0.620. The summed E-state index contributed by atoms with van der Waals surface area (Å²) in [6.07, 6.45) is -1.57. The zero-order valence-corrected chi connectivity index (χ0v) is 10.4. The van der Waals surface area contributed by atoms with E-state index in [4.69, 9.17) is 0 Å². The smallest absolute Gasteiger partial charge is 0.317 e. The Morgan fingerprint density at radius 3 is 2.53 bits per heavy atom. The van der Waals surface area contributed by atoms with Gasteiger partial charge in [-0.05, 0) is 45.2 Å². The van der Waals surface area contributed by atoms with E-state index >= 15 is 0 Å². The number of halogens is 3. The summed E-state index contributed by atoms with van der Waals surface area (Å²) in [5, 5.41) is 2.54. The number of aromatic nitrogens is 1. The van der Waals surface area contributed by atoms with Crippen LogP contribution in [0.3, 0.4) is 0 Å². The maximum absolute atomic E-state index is 12.5. The summed E-state index contributed by atoms with van der Waals surface area (Å²) in [6, 6.07) is 0. The number of thiazole rings is 1. The van der Waals surface area contributed by atoms with Crippen LogP contribution in [-0.4, -0.2) is 18.1 Å². The lowest BCUT2D eigenvalue weighted by Crippen LogP contribution is -2.28. The first-order valence-corrected chi connectivity index (χ1v) is 6.52. The van der Waals surface area contributed by atoms with Gasteiger partial charge in [0, 0.05) is 4.88 Å². The van der Waals surface area contributed by atoms with Crippen molar-refractivity contribution in [1.29, 1.82) is 0 Å². The summed E-state index contributed by atoms with van der Waals surface area (Å²) in [7, 11) is 0. The first kappa shape index (κ1) is 12.8. The molecule has 0 amide bonds. The number of nitrogens with zero attached hydrogens (tertiary/aromatic N) is 1. The van der Waals surface area contributed by atoms with Gasteiger partial charge in [-0.25, -0.2) is 4.98 Å². The highest BCUT2D eigenvalue weighted by molar-refractivity contribution is 7.11. The third kappa shape index (κ3) is 3.19. The molecular weight excluding hydrogens is 249 g/mol. The van der Waals surface area contributed by atoms with Crippen molar-refractivity contribution >= 4 is 11.3 Å². The molecule has 0 atom stereocenters. The third-order valence-corrected chi connectivity index (χ3v) is 4.13. The van der Waals surface area contributed by atoms with E-state index in [1.54, 1.807) is 6.92 Å². The van der Waals surface area contributed by atoms with Gasteiger partial charge in [0.05, 0.1) is 5.69 Å². The van der Waals surface area contributed by atoms with Gasteiger partial charge in [0.1, 0.15) is 0 Å². The fraction of sp³-hybridized carbons (Fsp3) is 0.727. The monoisotopic (exact) mass is 264 g/mol. The molecule has 17 heavy (non-hydrogen) atoms. The molecule has 0 unspecified atom stereocenters. The summed E-state index contributed by atoms with van der Waals surface area (Å²) in [5.41, 5.74) is 0.634. The van der Waals surface area contributed by atoms with Crippen LogP contribution >= 0.6 is 11.3 Å². The summed E-state index contributed by atoms with van der Waals surface area (Å²) in [5.74, 6) is 0.470. The Balaban J connectivity index is 2.07. The zero-order chi connectivity index (χ0) is 12.5. The molecule has 1 aliphatic heterocycles. The first-order chi connectivity index (χ1) is 7.97. The Labute approximate surface area is 102 Å². The second kappa shape index (κ2) is 4.94. The normalized spacial score (nSPS) is 18.6. The van der Waals surface area contributed by atoms with Crippen molar-refractivity contribution in [1.82, 2.24) is 10.3 Å². The number of alkyl halides is 3. The predicted octanol–water partition coefficient (Wildman–Crippen LogP) is 3.01. The highest BCUT2D eigenvalue weighted by Gasteiger charge is 2.35. The van der Waals surface area contributed by atoms with Gasteiger partial charge in [-0.3, -0.25) is 0 Å². The van der Waals surface area contributed by atoms with Gasteiger partial charge >= 0.3 is 6.18 Å². The lowest BCUT2D eigenvalue weighted by molar-refractivity contribution is -0.137. The standard InChI is InChI=1S/C11H15F3N2S/c1-7-9(6-8-2-4-15-5-3-8)16-10(17-7)11(12,13)14/h8,15H,2-6H2,1H3. The van der Waals surface area contributed by atoms with Crippen molar-refractivity contribution in [3.05, 3.63) is 15.6 Å². The number of piperidine rings is 1. The maximum Gasteiger partial charge on any atom is 0.443 e. The third-order valence-electron chi connectivity index (χ3n) is 3.08. The lowest BCUT2D eigenvalue weighted by atomic mass is 9.93. The van der Waals surface area contributed by atoms with E-state index in [1.807, 2.05) is 0 Å². The summed E-state index contributed by atoms with van der Waals surface area (Å²) in [6.45, 7) is 3.64. The van der Waals surface area contributed by atoms with Crippen molar-refractivity contribution in [3.8, 4) is 0 Å². The largest absolute Gasteiger partial charge is 0.443 e. The average Bonchev–Trinajstić information content (AvgIpc) is 2.62. The average molecular weight is 264 g/mol. The van der Waals surface area contributed by atoms with E-state index in [9.17, 15) is 13.2 Å². The Bertz CT molecular complexity index is 381. The second-order valence-electron chi connectivity index (χ2n) is 4.42. The fourth-order valence-corrected chi connectivity index (χ4v) is 2.91. The molecule has 0 spiro atoms. The molecule has 2 heterocycles. The van der Waals surface area contributed by atoms with Gasteiger partial charge in [0.25, 0.3) is 0 Å². The number of rotatable bonds is 2. The van der Waals surface area contributed by atoms with E-state index in [-0.39, 0.29) is 0 Å². The molecule has 1 fully saturated rings. The van der Waals surface area contributed by atoms with E-state index in [0.29, 0.717) is 22.9 Å². The van der Waals surface area contributed by atoms with Crippen LogP contribution in [0.25, 0.3) is 0 Å². The topological polar surface area (TPSA) is 24.9 Å². The number of hydrogen-bond acceptors (Lipinski definition) is 3. The van der Waals surface area contributed by atoms with Crippen LogP contribution < -0.4 is 5.32 Å². The Kier molecular flexibility index (Phi) is 3.73. The van der Waals surface area contributed by atoms with Gasteiger partial charge in [-0.2, -0.15) is 13.2 Å². The van der Waals surface area contributed by atoms with E-state index in [1.165, 1.54) is 0 Å². The minimum absolute atomic E-state index is 0.470. The van der Waals surface area contributed by atoms with Crippen LogP contribution in [0.2, 0.25) is 0 Å². The van der Waals surface area contributed by atoms with Gasteiger partial charge in [0.2, 0.25) is 0 Å². The molecule has 0 bridgehead atoms. The molecule has 1 N–H and O–H groups in total. The molecule has 6 heteroatoms. The van der Waals surface area contributed by atoms with Gasteiger partial charge < -0.3 is 5.32 Å². The second-order valence-corrected chi connectivity index (χ2v) is 5.62. The molecule has 0 aromatic carbocycles. The van der Waals surface area contributed by atoms with Crippen LogP contribution in [0, 0.1) is 12.8 Å².